The van der Waals surface area contributed by atoms with Crippen molar-refractivity contribution in [1.82, 2.24) is 4.98 Å². The number of allylic oxidation sites excluding steroid dienone is 1. The second kappa shape index (κ2) is 5.48. The number of hydrogen-bond donors (Lipinski definition) is 1. The molecule has 1 heterocycles. The number of benzene rings is 1. The number of aromatic nitrogens is 1. The maximum Gasteiger partial charge on any atom is 0.259 e. The summed E-state index contributed by atoms with van der Waals surface area (Å²) in [6.07, 6.45) is 3.14. The normalized spacial score (nSPS) is 10.8. The van der Waals surface area contributed by atoms with E-state index in [9.17, 15) is 9.59 Å². The molecule has 0 bridgehead atoms. The molecule has 1 N–H and O–H groups in total. The average Bonchev–Trinajstić information content (AvgIpc) is 2.36. The number of H-pyrrole nitrogens is 1. The first-order valence-electron chi connectivity index (χ1n) is 6.06. The molecule has 0 aliphatic heterocycles. The molecule has 0 unspecified atom stereocenters. The van der Waals surface area contributed by atoms with Gasteiger partial charge in [0.05, 0.1) is 5.56 Å². The van der Waals surface area contributed by atoms with Crippen molar-refractivity contribution in [2.75, 3.05) is 0 Å². The smallest absolute Gasteiger partial charge is 0.259 e. The first kappa shape index (κ1) is 13.0. The van der Waals surface area contributed by atoms with Crippen molar-refractivity contribution in [3.63, 3.8) is 0 Å². The molecule has 0 saturated heterocycles. The maximum atomic E-state index is 12.1. The van der Waals surface area contributed by atoms with Gasteiger partial charge in [0.2, 0.25) is 0 Å². The topological polar surface area (TPSA) is 49.9 Å². The van der Waals surface area contributed by atoms with Crippen molar-refractivity contribution in [3.05, 3.63) is 75.2 Å². The third-order valence-corrected chi connectivity index (χ3v) is 2.84. The fourth-order valence-electron chi connectivity index (χ4n) is 1.98. The van der Waals surface area contributed by atoms with E-state index < -0.39 is 0 Å². The van der Waals surface area contributed by atoms with Crippen molar-refractivity contribution in [2.24, 2.45) is 0 Å². The number of nitrogens with one attached hydrogen (secondary N) is 1. The van der Waals surface area contributed by atoms with E-state index in [0.29, 0.717) is 5.56 Å². The minimum atomic E-state index is -0.333. The van der Waals surface area contributed by atoms with E-state index in [4.69, 9.17) is 0 Å². The van der Waals surface area contributed by atoms with Gasteiger partial charge in [-0.1, -0.05) is 36.4 Å². The Labute approximate surface area is 111 Å². The largest absolute Gasteiger partial charge is 0.326 e. The van der Waals surface area contributed by atoms with E-state index >= 15 is 0 Å². The Morgan fingerprint density at radius 2 is 1.84 bits per heavy atom. The lowest BCUT2D eigenvalue weighted by atomic mass is 10.1. The number of carbonyl (C=O) groups is 1. The molecule has 3 heteroatoms. The highest BCUT2D eigenvalue weighted by atomic mass is 16.1. The van der Waals surface area contributed by atoms with Crippen LogP contribution in [0.25, 0.3) is 6.08 Å². The number of aromatic amines is 1. The van der Waals surface area contributed by atoms with E-state index in [2.05, 4.69) is 4.98 Å². The van der Waals surface area contributed by atoms with Crippen LogP contribution >= 0.6 is 0 Å². The van der Waals surface area contributed by atoms with Crippen molar-refractivity contribution in [1.29, 1.82) is 0 Å². The molecule has 0 spiro atoms. The Balaban J connectivity index is 2.31. The summed E-state index contributed by atoms with van der Waals surface area (Å²) in [6.45, 7) is 3.56. The predicted molar refractivity (Wildman–Crippen MR) is 76.3 cm³/mol. The Kier molecular flexibility index (Phi) is 3.76. The molecule has 19 heavy (non-hydrogen) atoms. The van der Waals surface area contributed by atoms with Gasteiger partial charge in [0.15, 0.2) is 5.78 Å². The molecule has 0 saturated carbocycles. The molecule has 96 valence electrons. The lowest BCUT2D eigenvalue weighted by Gasteiger charge is -2.02. The van der Waals surface area contributed by atoms with Crippen molar-refractivity contribution >= 4 is 11.9 Å². The molecular weight excluding hydrogens is 238 g/mol. The van der Waals surface area contributed by atoms with E-state index in [0.717, 1.165) is 11.3 Å². The minimum Gasteiger partial charge on any atom is -0.326 e. The Morgan fingerprint density at radius 1 is 1.16 bits per heavy atom. The van der Waals surface area contributed by atoms with Gasteiger partial charge in [-0.25, -0.2) is 0 Å². The van der Waals surface area contributed by atoms with Gasteiger partial charge < -0.3 is 4.98 Å². The van der Waals surface area contributed by atoms with Crippen LogP contribution in [0.2, 0.25) is 0 Å². The minimum absolute atomic E-state index is 0.206. The fraction of sp³-hybridized carbons (Fsp3) is 0.125. The van der Waals surface area contributed by atoms with Crippen molar-refractivity contribution < 1.29 is 4.79 Å². The molecule has 0 fully saturated rings. The zero-order valence-corrected chi connectivity index (χ0v) is 10.9. The molecule has 0 aliphatic rings. The van der Waals surface area contributed by atoms with Crippen molar-refractivity contribution in [2.45, 2.75) is 13.8 Å². The summed E-state index contributed by atoms with van der Waals surface area (Å²) in [6, 6.07) is 11.3. The fourth-order valence-corrected chi connectivity index (χ4v) is 1.98. The van der Waals surface area contributed by atoms with Gasteiger partial charge in [0.1, 0.15) is 0 Å². The van der Waals surface area contributed by atoms with Crippen LogP contribution in [0.1, 0.15) is 27.2 Å². The van der Waals surface area contributed by atoms with Gasteiger partial charge in [-0.2, -0.15) is 0 Å². The lowest BCUT2D eigenvalue weighted by molar-refractivity contribution is 0.104. The molecule has 3 nitrogen and oxygen atoms in total. The zero-order valence-electron chi connectivity index (χ0n) is 10.9. The Morgan fingerprint density at radius 3 is 2.47 bits per heavy atom. The summed E-state index contributed by atoms with van der Waals surface area (Å²) in [5, 5.41) is 0. The second-order valence-corrected chi connectivity index (χ2v) is 4.45. The van der Waals surface area contributed by atoms with Crippen molar-refractivity contribution in [3.8, 4) is 0 Å². The number of pyridine rings is 1. The molecule has 0 radical (unpaired) electrons. The number of ketones is 1. The van der Waals surface area contributed by atoms with Gasteiger partial charge in [-0.15, -0.1) is 0 Å². The van der Waals surface area contributed by atoms with Gasteiger partial charge >= 0.3 is 0 Å². The molecule has 0 aliphatic carbocycles. The Bertz CT molecular complexity index is 682. The van der Waals surface area contributed by atoms with E-state index in [1.165, 1.54) is 6.08 Å². The zero-order chi connectivity index (χ0) is 13.8. The van der Waals surface area contributed by atoms with Crippen LogP contribution in [0.4, 0.5) is 0 Å². The van der Waals surface area contributed by atoms with Crippen LogP contribution in [-0.4, -0.2) is 10.8 Å². The SMILES string of the molecule is Cc1cc(C)c(C(=O)/C=C/c2ccccc2)c(=O)[nH]1. The number of aryl methyl sites for hydroxylation is 2. The Hall–Kier alpha value is -2.42. The van der Waals surface area contributed by atoms with E-state index in [1.807, 2.05) is 30.3 Å². The predicted octanol–water partition coefficient (Wildman–Crippen LogP) is 2.89. The summed E-state index contributed by atoms with van der Waals surface area (Å²) in [7, 11) is 0. The summed E-state index contributed by atoms with van der Waals surface area (Å²) < 4.78 is 0. The van der Waals surface area contributed by atoms with Gasteiger partial charge in [-0.05, 0) is 37.1 Å². The quantitative estimate of drug-likeness (QED) is 0.675. The number of carbonyl (C=O) groups excluding carboxylic acids is 1. The van der Waals surface area contributed by atoms with Gasteiger partial charge in [0, 0.05) is 5.69 Å². The van der Waals surface area contributed by atoms with Crippen LogP contribution in [0.5, 0.6) is 0 Å². The standard InChI is InChI=1S/C16H15NO2/c1-11-10-12(2)17-16(19)15(11)14(18)9-8-13-6-4-3-5-7-13/h3-10H,1-2H3,(H,17,19)/b9-8+. The summed E-state index contributed by atoms with van der Waals surface area (Å²) in [5.41, 5.74) is 2.25. The molecule has 0 amide bonds. The third-order valence-electron chi connectivity index (χ3n) is 2.84. The highest BCUT2D eigenvalue weighted by Gasteiger charge is 2.11. The van der Waals surface area contributed by atoms with Crippen LogP contribution < -0.4 is 5.56 Å². The number of rotatable bonds is 3. The average molecular weight is 253 g/mol. The molecular formula is C16H15NO2. The second-order valence-electron chi connectivity index (χ2n) is 4.45. The van der Waals surface area contributed by atoms with Gasteiger partial charge in [0.25, 0.3) is 5.56 Å². The first-order chi connectivity index (χ1) is 9.08. The summed E-state index contributed by atoms with van der Waals surface area (Å²) >= 11 is 0. The van der Waals surface area contributed by atoms with Crippen LogP contribution in [-0.2, 0) is 0 Å². The lowest BCUT2D eigenvalue weighted by Crippen LogP contribution is -2.19. The summed E-state index contributed by atoms with van der Waals surface area (Å²) in [4.78, 5) is 26.5. The molecule has 2 rings (SSSR count). The molecule has 1 aromatic carbocycles. The molecule has 1 aromatic heterocycles. The van der Waals surface area contributed by atoms with Gasteiger partial charge in [-0.3, -0.25) is 9.59 Å². The highest BCUT2D eigenvalue weighted by Crippen LogP contribution is 2.07. The monoisotopic (exact) mass is 253 g/mol. The first-order valence-corrected chi connectivity index (χ1v) is 6.06. The number of hydrogen-bond acceptors (Lipinski definition) is 2. The third kappa shape index (κ3) is 3.07. The summed E-state index contributed by atoms with van der Waals surface area (Å²) in [5.74, 6) is -0.275. The molecule has 2 aromatic rings. The molecule has 0 atom stereocenters. The van der Waals surface area contributed by atoms with Crippen LogP contribution in [0.15, 0.2) is 47.3 Å². The van der Waals surface area contributed by atoms with Crippen LogP contribution in [0, 0.1) is 13.8 Å². The van der Waals surface area contributed by atoms with Crippen LogP contribution in [0.3, 0.4) is 0 Å². The van der Waals surface area contributed by atoms with E-state index in [-0.39, 0.29) is 16.9 Å². The highest BCUT2D eigenvalue weighted by molar-refractivity contribution is 6.07. The van der Waals surface area contributed by atoms with E-state index in [1.54, 1.807) is 26.0 Å². The maximum absolute atomic E-state index is 12.1.